The van der Waals surface area contributed by atoms with Crippen molar-refractivity contribution in [1.82, 2.24) is 4.90 Å². The Morgan fingerprint density at radius 1 is 1.10 bits per heavy atom. The summed E-state index contributed by atoms with van der Waals surface area (Å²) < 4.78 is 5.06. The van der Waals surface area contributed by atoms with E-state index >= 15 is 0 Å². The summed E-state index contributed by atoms with van der Waals surface area (Å²) in [4.78, 5) is 26.6. The first kappa shape index (κ1) is 21.0. The predicted molar refractivity (Wildman–Crippen MR) is 118 cm³/mol. The fourth-order valence-corrected chi connectivity index (χ4v) is 3.46. The largest absolute Gasteiger partial charge is 0.459 e. The van der Waals surface area contributed by atoms with Gasteiger partial charge in [-0.2, -0.15) is 0 Å². The molecule has 0 unspecified atom stereocenters. The van der Waals surface area contributed by atoms with Crippen LogP contribution in [0.2, 0.25) is 5.02 Å². The van der Waals surface area contributed by atoms with Crippen molar-refractivity contribution >= 4 is 34.9 Å². The topological polar surface area (TPSA) is 94.8 Å². The molecule has 31 heavy (non-hydrogen) atoms. The van der Waals surface area contributed by atoms with E-state index in [-0.39, 0.29) is 29.4 Å². The molecule has 0 bridgehead atoms. The summed E-state index contributed by atoms with van der Waals surface area (Å²) in [6, 6.07) is 17.1. The van der Waals surface area contributed by atoms with E-state index in [1.807, 2.05) is 30.3 Å². The van der Waals surface area contributed by atoms with E-state index in [4.69, 9.17) is 16.0 Å². The number of aliphatic hydroxyl groups excluding tert-OH is 1. The minimum atomic E-state index is -0.768. The molecule has 4 rings (SSSR count). The first-order valence-electron chi connectivity index (χ1n) is 9.96. The van der Waals surface area contributed by atoms with E-state index < -0.39 is 12.0 Å². The molecule has 8 heteroatoms. The van der Waals surface area contributed by atoms with Crippen LogP contribution in [0.3, 0.4) is 0 Å². The van der Waals surface area contributed by atoms with E-state index in [1.54, 1.807) is 35.2 Å². The number of hydrogen-bond donors (Lipinski definition) is 3. The summed E-state index contributed by atoms with van der Waals surface area (Å²) in [5, 5.41) is 16.3. The van der Waals surface area contributed by atoms with Crippen LogP contribution < -0.4 is 10.6 Å². The van der Waals surface area contributed by atoms with E-state index in [0.717, 1.165) is 18.4 Å². The normalized spacial score (nSPS) is 14.0. The molecule has 1 aromatic heterocycles. The lowest BCUT2D eigenvalue weighted by atomic mass is 10.1. The quantitative estimate of drug-likeness (QED) is 0.487. The van der Waals surface area contributed by atoms with Crippen molar-refractivity contribution in [2.75, 3.05) is 17.2 Å². The van der Waals surface area contributed by atoms with Gasteiger partial charge in [0.25, 0.3) is 5.91 Å². The van der Waals surface area contributed by atoms with Gasteiger partial charge in [0, 0.05) is 11.7 Å². The Bertz CT molecular complexity index is 1050. The van der Waals surface area contributed by atoms with Gasteiger partial charge >= 0.3 is 6.03 Å². The van der Waals surface area contributed by atoms with Gasteiger partial charge in [-0.15, -0.1) is 0 Å². The van der Waals surface area contributed by atoms with E-state index in [9.17, 15) is 14.7 Å². The van der Waals surface area contributed by atoms with Crippen LogP contribution in [0.1, 0.15) is 35.1 Å². The van der Waals surface area contributed by atoms with E-state index in [1.165, 1.54) is 6.26 Å². The maximum absolute atomic E-state index is 12.9. The van der Waals surface area contributed by atoms with Crippen molar-refractivity contribution in [3.05, 3.63) is 83.3 Å². The van der Waals surface area contributed by atoms with Crippen molar-refractivity contribution in [2.45, 2.75) is 25.0 Å². The summed E-state index contributed by atoms with van der Waals surface area (Å²) in [6.45, 7) is 0.200. The maximum Gasteiger partial charge on any atom is 0.322 e. The van der Waals surface area contributed by atoms with Gasteiger partial charge in [0.2, 0.25) is 0 Å². The van der Waals surface area contributed by atoms with Crippen molar-refractivity contribution in [3.8, 4) is 0 Å². The number of nitrogens with zero attached hydrogens (tertiary/aromatic N) is 1. The molecule has 1 saturated carbocycles. The Hall–Kier alpha value is -3.29. The molecule has 0 spiro atoms. The smallest absolute Gasteiger partial charge is 0.322 e. The fourth-order valence-electron chi connectivity index (χ4n) is 3.23. The van der Waals surface area contributed by atoms with Gasteiger partial charge in [-0.1, -0.05) is 41.9 Å². The minimum Gasteiger partial charge on any atom is -0.459 e. The van der Waals surface area contributed by atoms with E-state index in [2.05, 4.69) is 10.6 Å². The molecule has 7 nitrogen and oxygen atoms in total. The van der Waals surface area contributed by atoms with E-state index in [0.29, 0.717) is 11.4 Å². The zero-order valence-electron chi connectivity index (χ0n) is 16.6. The molecule has 1 aliphatic carbocycles. The number of halogens is 1. The monoisotopic (exact) mass is 439 g/mol. The van der Waals surface area contributed by atoms with Crippen LogP contribution in [-0.4, -0.2) is 34.5 Å². The molecule has 0 radical (unpaired) electrons. The molecule has 160 valence electrons. The molecule has 3 aromatic rings. The highest BCUT2D eigenvalue weighted by Crippen LogP contribution is 2.31. The summed E-state index contributed by atoms with van der Waals surface area (Å²) in [5.41, 5.74) is 1.66. The minimum absolute atomic E-state index is 0.112. The molecule has 1 heterocycles. The van der Waals surface area contributed by atoms with Gasteiger partial charge < -0.3 is 25.1 Å². The van der Waals surface area contributed by atoms with Gasteiger partial charge in [0.15, 0.2) is 5.76 Å². The summed E-state index contributed by atoms with van der Waals surface area (Å²) in [6.07, 6.45) is 2.46. The van der Waals surface area contributed by atoms with Crippen LogP contribution >= 0.6 is 11.6 Å². The zero-order valence-corrected chi connectivity index (χ0v) is 17.4. The SMILES string of the molecule is O=C(Nc1ccc(NC(=O)N(C[C@H](O)c2ccccc2)C2CC2)cc1Cl)c1ccco1. The third-order valence-corrected chi connectivity index (χ3v) is 5.33. The average Bonchev–Trinajstić information content (AvgIpc) is 3.46. The molecular formula is C23H22ClN3O4. The van der Waals surface area contributed by atoms with Crippen molar-refractivity contribution < 1.29 is 19.1 Å². The van der Waals surface area contributed by atoms with Gasteiger partial charge in [0.1, 0.15) is 0 Å². The molecule has 1 aliphatic rings. The lowest BCUT2D eigenvalue weighted by Crippen LogP contribution is -2.39. The predicted octanol–water partition coefficient (Wildman–Crippen LogP) is 4.92. The molecule has 0 saturated heterocycles. The Labute approximate surface area is 184 Å². The lowest BCUT2D eigenvalue weighted by molar-refractivity contribution is 0.0996. The van der Waals surface area contributed by atoms with Crippen LogP contribution in [0.4, 0.5) is 16.2 Å². The lowest BCUT2D eigenvalue weighted by Gasteiger charge is -2.26. The van der Waals surface area contributed by atoms with Gasteiger partial charge in [0.05, 0.1) is 29.6 Å². The number of anilines is 2. The first-order valence-corrected chi connectivity index (χ1v) is 10.3. The van der Waals surface area contributed by atoms with Crippen LogP contribution in [0.25, 0.3) is 0 Å². The highest BCUT2D eigenvalue weighted by molar-refractivity contribution is 6.34. The van der Waals surface area contributed by atoms with Crippen LogP contribution in [0.5, 0.6) is 0 Å². The third kappa shape index (κ3) is 5.25. The number of rotatable bonds is 7. The number of carbonyl (C=O) groups excluding carboxylic acids is 2. The van der Waals surface area contributed by atoms with Gasteiger partial charge in [-0.05, 0) is 48.7 Å². The zero-order chi connectivity index (χ0) is 21.8. The highest BCUT2D eigenvalue weighted by atomic mass is 35.5. The molecule has 3 N–H and O–H groups in total. The van der Waals surface area contributed by atoms with Gasteiger partial charge in [-0.25, -0.2) is 4.79 Å². The molecule has 2 aromatic carbocycles. The Kier molecular flexibility index (Phi) is 6.25. The standard InChI is InChI=1S/C23H22ClN3O4/c24-18-13-16(8-11-19(18)26-22(29)21-7-4-12-31-21)25-23(30)27(17-9-10-17)14-20(28)15-5-2-1-3-6-15/h1-8,11-13,17,20,28H,9-10,14H2,(H,25,30)(H,26,29)/t20-/m0/s1. The third-order valence-electron chi connectivity index (χ3n) is 5.02. The molecule has 3 amide bonds. The molecule has 1 fully saturated rings. The van der Waals surface area contributed by atoms with Crippen molar-refractivity contribution in [1.29, 1.82) is 0 Å². The number of urea groups is 1. The fraction of sp³-hybridized carbons (Fsp3) is 0.217. The summed E-state index contributed by atoms with van der Waals surface area (Å²) in [7, 11) is 0. The molecule has 1 atom stereocenters. The Morgan fingerprint density at radius 2 is 1.87 bits per heavy atom. The summed E-state index contributed by atoms with van der Waals surface area (Å²) in [5.74, 6) is -0.246. The second-order valence-electron chi connectivity index (χ2n) is 7.37. The van der Waals surface area contributed by atoms with Crippen LogP contribution in [-0.2, 0) is 0 Å². The first-order chi connectivity index (χ1) is 15.0. The number of carbonyl (C=O) groups is 2. The number of aliphatic hydroxyl groups is 1. The number of nitrogens with one attached hydrogen (secondary N) is 2. The van der Waals surface area contributed by atoms with Crippen molar-refractivity contribution in [2.24, 2.45) is 0 Å². The number of hydrogen-bond acceptors (Lipinski definition) is 4. The Morgan fingerprint density at radius 3 is 2.52 bits per heavy atom. The number of furan rings is 1. The average molecular weight is 440 g/mol. The number of amides is 3. The second-order valence-corrected chi connectivity index (χ2v) is 7.77. The van der Waals surface area contributed by atoms with Crippen molar-refractivity contribution in [3.63, 3.8) is 0 Å². The van der Waals surface area contributed by atoms with Crippen LogP contribution in [0.15, 0.2) is 71.3 Å². The number of benzene rings is 2. The maximum atomic E-state index is 12.9. The van der Waals surface area contributed by atoms with Crippen LogP contribution in [0, 0.1) is 0 Å². The molecular weight excluding hydrogens is 418 g/mol. The molecule has 0 aliphatic heterocycles. The van der Waals surface area contributed by atoms with Gasteiger partial charge in [-0.3, -0.25) is 4.79 Å². The Balaban J connectivity index is 1.40. The second kappa shape index (κ2) is 9.24. The highest BCUT2D eigenvalue weighted by Gasteiger charge is 2.34. The summed E-state index contributed by atoms with van der Waals surface area (Å²) >= 11 is 6.29.